The van der Waals surface area contributed by atoms with E-state index in [-0.39, 0.29) is 0 Å². The highest BCUT2D eigenvalue weighted by molar-refractivity contribution is 9.10. The fourth-order valence-electron chi connectivity index (χ4n) is 1.78. The van der Waals surface area contributed by atoms with Gasteiger partial charge in [0.25, 0.3) is 0 Å². The summed E-state index contributed by atoms with van der Waals surface area (Å²) in [6.45, 7) is 4.90. The normalized spacial score (nSPS) is 10.4. The standard InChI is InChI=1S/C15H15BrClN/c1-10-3-6-15(14(17)7-10)18-9-12-4-5-13(16)11(2)8-12/h3-8,18H,9H2,1-2H3. The third kappa shape index (κ3) is 3.27. The van der Waals surface area contributed by atoms with Crippen molar-refractivity contribution in [3.63, 3.8) is 0 Å². The van der Waals surface area contributed by atoms with Gasteiger partial charge >= 0.3 is 0 Å². The van der Waals surface area contributed by atoms with Gasteiger partial charge in [-0.3, -0.25) is 0 Å². The Morgan fingerprint density at radius 2 is 1.89 bits per heavy atom. The molecule has 0 aromatic heterocycles. The highest BCUT2D eigenvalue weighted by Gasteiger charge is 2.01. The van der Waals surface area contributed by atoms with E-state index in [0.29, 0.717) is 0 Å². The van der Waals surface area contributed by atoms with Crippen molar-refractivity contribution in [3.8, 4) is 0 Å². The van der Waals surface area contributed by atoms with Crippen LogP contribution in [0.5, 0.6) is 0 Å². The van der Waals surface area contributed by atoms with Gasteiger partial charge < -0.3 is 5.32 Å². The topological polar surface area (TPSA) is 12.0 Å². The summed E-state index contributed by atoms with van der Waals surface area (Å²) in [4.78, 5) is 0. The molecule has 2 rings (SSSR count). The molecule has 94 valence electrons. The van der Waals surface area contributed by atoms with Gasteiger partial charge in [-0.05, 0) is 48.7 Å². The monoisotopic (exact) mass is 323 g/mol. The maximum atomic E-state index is 6.18. The Labute approximate surface area is 121 Å². The molecule has 1 nitrogen and oxygen atoms in total. The molecule has 0 amide bonds. The lowest BCUT2D eigenvalue weighted by molar-refractivity contribution is 1.14. The zero-order valence-electron chi connectivity index (χ0n) is 10.4. The van der Waals surface area contributed by atoms with Crippen molar-refractivity contribution >= 4 is 33.2 Å². The first-order chi connectivity index (χ1) is 8.56. The van der Waals surface area contributed by atoms with Crippen LogP contribution in [-0.4, -0.2) is 0 Å². The van der Waals surface area contributed by atoms with Gasteiger partial charge in [-0.15, -0.1) is 0 Å². The Morgan fingerprint density at radius 1 is 1.11 bits per heavy atom. The minimum absolute atomic E-state index is 0.767. The Bertz CT molecular complexity index is 566. The molecular weight excluding hydrogens is 310 g/mol. The van der Waals surface area contributed by atoms with Crippen LogP contribution in [0.15, 0.2) is 40.9 Å². The second kappa shape index (κ2) is 5.77. The molecule has 0 bridgehead atoms. The van der Waals surface area contributed by atoms with E-state index in [1.807, 2.05) is 19.1 Å². The molecule has 0 atom stereocenters. The van der Waals surface area contributed by atoms with Gasteiger partial charge in [-0.25, -0.2) is 0 Å². The number of halogens is 2. The Morgan fingerprint density at radius 3 is 2.56 bits per heavy atom. The molecule has 0 aliphatic carbocycles. The number of nitrogens with one attached hydrogen (secondary N) is 1. The van der Waals surface area contributed by atoms with Crippen LogP contribution in [0.1, 0.15) is 16.7 Å². The molecule has 2 aromatic carbocycles. The van der Waals surface area contributed by atoms with E-state index in [1.165, 1.54) is 16.7 Å². The fourth-order valence-corrected chi connectivity index (χ4v) is 2.33. The van der Waals surface area contributed by atoms with Crippen molar-refractivity contribution in [2.45, 2.75) is 20.4 Å². The van der Waals surface area contributed by atoms with E-state index in [9.17, 15) is 0 Å². The average molecular weight is 325 g/mol. The summed E-state index contributed by atoms with van der Waals surface area (Å²) in [5.41, 5.74) is 4.63. The van der Waals surface area contributed by atoms with Crippen molar-refractivity contribution in [2.24, 2.45) is 0 Å². The maximum absolute atomic E-state index is 6.18. The molecule has 0 aliphatic heterocycles. The van der Waals surface area contributed by atoms with Crippen LogP contribution < -0.4 is 5.32 Å². The predicted molar refractivity (Wildman–Crippen MR) is 82.4 cm³/mol. The lowest BCUT2D eigenvalue weighted by Gasteiger charge is -2.10. The van der Waals surface area contributed by atoms with Crippen LogP contribution >= 0.6 is 27.5 Å². The van der Waals surface area contributed by atoms with Crippen LogP contribution in [0.2, 0.25) is 5.02 Å². The largest absolute Gasteiger partial charge is 0.380 e. The molecule has 2 aromatic rings. The third-order valence-corrected chi connectivity index (χ3v) is 4.03. The smallest absolute Gasteiger partial charge is 0.0640 e. The van der Waals surface area contributed by atoms with Gasteiger partial charge in [0.1, 0.15) is 0 Å². The summed E-state index contributed by atoms with van der Waals surface area (Å²) in [5.74, 6) is 0. The molecule has 0 fully saturated rings. The summed E-state index contributed by atoms with van der Waals surface area (Å²) < 4.78 is 1.14. The Balaban J connectivity index is 2.09. The van der Waals surface area contributed by atoms with Crippen molar-refractivity contribution in [1.29, 1.82) is 0 Å². The van der Waals surface area contributed by atoms with Crippen molar-refractivity contribution in [3.05, 3.63) is 62.6 Å². The molecule has 0 spiro atoms. The molecule has 0 saturated carbocycles. The van der Waals surface area contributed by atoms with Crippen LogP contribution in [0.3, 0.4) is 0 Å². The van der Waals surface area contributed by atoms with E-state index in [4.69, 9.17) is 11.6 Å². The number of benzene rings is 2. The lowest BCUT2D eigenvalue weighted by Crippen LogP contribution is -2.00. The van der Waals surface area contributed by atoms with Crippen molar-refractivity contribution in [1.82, 2.24) is 0 Å². The zero-order valence-corrected chi connectivity index (χ0v) is 12.8. The van der Waals surface area contributed by atoms with E-state index in [0.717, 1.165) is 21.7 Å². The SMILES string of the molecule is Cc1ccc(NCc2ccc(Br)c(C)c2)c(Cl)c1. The average Bonchev–Trinajstić information content (AvgIpc) is 2.32. The Kier molecular flexibility index (Phi) is 4.31. The number of rotatable bonds is 3. The van der Waals surface area contributed by atoms with Crippen LogP contribution in [0.4, 0.5) is 5.69 Å². The van der Waals surface area contributed by atoms with E-state index >= 15 is 0 Å². The fraction of sp³-hybridized carbons (Fsp3) is 0.200. The highest BCUT2D eigenvalue weighted by atomic mass is 79.9. The number of anilines is 1. The summed E-state index contributed by atoms with van der Waals surface area (Å²) in [6, 6.07) is 12.4. The first-order valence-electron chi connectivity index (χ1n) is 5.81. The van der Waals surface area contributed by atoms with Gasteiger partial charge in [0.15, 0.2) is 0 Å². The molecule has 0 aliphatic rings. The van der Waals surface area contributed by atoms with Crippen LogP contribution in [0.25, 0.3) is 0 Å². The highest BCUT2D eigenvalue weighted by Crippen LogP contribution is 2.24. The minimum atomic E-state index is 0.767. The van der Waals surface area contributed by atoms with Gasteiger partial charge in [-0.1, -0.05) is 45.7 Å². The van der Waals surface area contributed by atoms with Crippen LogP contribution in [0, 0.1) is 13.8 Å². The minimum Gasteiger partial charge on any atom is -0.380 e. The summed E-state index contributed by atoms with van der Waals surface area (Å²) >= 11 is 9.69. The second-order valence-corrected chi connectivity index (χ2v) is 5.68. The van der Waals surface area contributed by atoms with Gasteiger partial charge in [0.2, 0.25) is 0 Å². The van der Waals surface area contributed by atoms with Gasteiger partial charge in [-0.2, -0.15) is 0 Å². The quantitative estimate of drug-likeness (QED) is 0.804. The maximum Gasteiger partial charge on any atom is 0.0640 e. The molecule has 3 heteroatoms. The summed E-state index contributed by atoms with van der Waals surface area (Å²) in [5, 5.41) is 4.12. The number of aryl methyl sites for hydroxylation is 2. The van der Waals surface area contributed by atoms with Gasteiger partial charge in [0, 0.05) is 11.0 Å². The molecule has 0 radical (unpaired) electrons. The molecular formula is C15H15BrClN. The molecule has 1 N–H and O–H groups in total. The predicted octanol–water partition coefficient (Wildman–Crippen LogP) is 5.33. The molecule has 0 unspecified atom stereocenters. The van der Waals surface area contributed by atoms with Crippen molar-refractivity contribution in [2.75, 3.05) is 5.32 Å². The molecule has 18 heavy (non-hydrogen) atoms. The third-order valence-electron chi connectivity index (χ3n) is 2.83. The molecule has 0 heterocycles. The summed E-state index contributed by atoms with van der Waals surface area (Å²) in [6.07, 6.45) is 0. The number of hydrogen-bond donors (Lipinski definition) is 1. The summed E-state index contributed by atoms with van der Waals surface area (Å²) in [7, 11) is 0. The van der Waals surface area contributed by atoms with E-state index in [2.05, 4.69) is 52.4 Å². The first kappa shape index (κ1) is 13.4. The van der Waals surface area contributed by atoms with E-state index in [1.54, 1.807) is 0 Å². The van der Waals surface area contributed by atoms with Gasteiger partial charge in [0.05, 0.1) is 10.7 Å². The Hall–Kier alpha value is -0.990. The number of hydrogen-bond acceptors (Lipinski definition) is 1. The second-order valence-electron chi connectivity index (χ2n) is 4.42. The first-order valence-corrected chi connectivity index (χ1v) is 6.98. The van der Waals surface area contributed by atoms with Crippen molar-refractivity contribution < 1.29 is 0 Å². The van der Waals surface area contributed by atoms with E-state index < -0.39 is 0 Å². The lowest BCUT2D eigenvalue weighted by atomic mass is 10.1. The zero-order chi connectivity index (χ0) is 13.1. The van der Waals surface area contributed by atoms with Crippen LogP contribution in [-0.2, 0) is 6.54 Å². The molecule has 0 saturated heterocycles.